The van der Waals surface area contributed by atoms with E-state index in [0.29, 0.717) is 51.7 Å². The Labute approximate surface area is 153 Å². The molecule has 1 aromatic rings. The van der Waals surface area contributed by atoms with Crippen molar-refractivity contribution < 1.29 is 18.7 Å². The van der Waals surface area contributed by atoms with Crippen LogP contribution in [0, 0.1) is 5.82 Å². The number of hydrogen-bond donors (Lipinski definition) is 1. The lowest BCUT2D eigenvalue weighted by atomic mass is 10.3. The minimum absolute atomic E-state index is 0.256. The minimum atomic E-state index is -0.272. The number of benzene rings is 1. The lowest BCUT2D eigenvalue weighted by Gasteiger charge is -2.35. The fourth-order valence-corrected chi connectivity index (χ4v) is 2.64. The van der Waals surface area contributed by atoms with Crippen molar-refractivity contribution in [3.05, 3.63) is 30.1 Å². The van der Waals surface area contributed by atoms with E-state index in [0.717, 1.165) is 12.4 Å². The summed E-state index contributed by atoms with van der Waals surface area (Å²) in [5, 5.41) is 3.30. The Kier molecular flexibility index (Phi) is 7.98. The second-order valence-electron chi connectivity index (χ2n) is 5.80. The smallest absolute Gasteiger partial charge is 0.409 e. The summed E-state index contributed by atoms with van der Waals surface area (Å²) in [6.45, 7) is 6.11. The molecule has 1 aliphatic heterocycles. The van der Waals surface area contributed by atoms with Crippen LogP contribution in [0.4, 0.5) is 9.18 Å². The Balaban J connectivity index is 1.65. The van der Waals surface area contributed by atoms with Crippen LogP contribution in [0.2, 0.25) is 0 Å². The molecule has 0 unspecified atom stereocenters. The predicted molar refractivity (Wildman–Crippen MR) is 98.0 cm³/mol. The Morgan fingerprint density at radius 2 is 1.85 bits per heavy atom. The summed E-state index contributed by atoms with van der Waals surface area (Å²) >= 11 is 0. The number of carbonyl (C=O) groups excluding carboxylic acids is 1. The van der Waals surface area contributed by atoms with Gasteiger partial charge in [0.15, 0.2) is 5.96 Å². The zero-order valence-electron chi connectivity index (χ0n) is 15.4. The average Bonchev–Trinajstić information content (AvgIpc) is 2.66. The van der Waals surface area contributed by atoms with Crippen molar-refractivity contribution in [2.45, 2.75) is 13.3 Å². The van der Waals surface area contributed by atoms with Gasteiger partial charge in [0, 0.05) is 39.8 Å². The second kappa shape index (κ2) is 10.5. The van der Waals surface area contributed by atoms with E-state index in [2.05, 4.69) is 15.2 Å². The van der Waals surface area contributed by atoms with Crippen LogP contribution < -0.4 is 10.1 Å². The van der Waals surface area contributed by atoms with Crippen molar-refractivity contribution in [2.24, 2.45) is 4.99 Å². The predicted octanol–water partition coefficient (Wildman–Crippen LogP) is 1.94. The molecule has 1 aliphatic rings. The zero-order chi connectivity index (χ0) is 18.8. The largest absolute Gasteiger partial charge is 0.494 e. The molecule has 0 aliphatic carbocycles. The molecule has 144 valence electrons. The highest BCUT2D eigenvalue weighted by Gasteiger charge is 2.23. The molecule has 1 fully saturated rings. The Morgan fingerprint density at radius 1 is 1.19 bits per heavy atom. The first kappa shape index (κ1) is 19.8. The molecule has 1 heterocycles. The second-order valence-corrected chi connectivity index (χ2v) is 5.80. The number of nitrogens with zero attached hydrogens (tertiary/aromatic N) is 3. The van der Waals surface area contributed by atoms with E-state index in [-0.39, 0.29) is 11.9 Å². The molecule has 0 atom stereocenters. The van der Waals surface area contributed by atoms with Gasteiger partial charge in [0.1, 0.15) is 11.6 Å². The van der Waals surface area contributed by atoms with Crippen LogP contribution in [0.5, 0.6) is 5.75 Å². The maximum atomic E-state index is 12.8. The van der Waals surface area contributed by atoms with Crippen LogP contribution in [-0.2, 0) is 4.74 Å². The Hall–Kier alpha value is -2.51. The topological polar surface area (TPSA) is 66.4 Å². The van der Waals surface area contributed by atoms with Crippen LogP contribution in [0.3, 0.4) is 0 Å². The first-order valence-corrected chi connectivity index (χ1v) is 8.89. The van der Waals surface area contributed by atoms with Crippen molar-refractivity contribution in [1.29, 1.82) is 0 Å². The molecule has 0 saturated carbocycles. The van der Waals surface area contributed by atoms with Crippen molar-refractivity contribution in [3.63, 3.8) is 0 Å². The number of guanidine groups is 1. The van der Waals surface area contributed by atoms with E-state index in [4.69, 9.17) is 9.47 Å². The van der Waals surface area contributed by atoms with E-state index in [1.807, 2.05) is 0 Å². The number of hydrogen-bond acceptors (Lipinski definition) is 4. The van der Waals surface area contributed by atoms with Gasteiger partial charge in [-0.05, 0) is 37.6 Å². The molecule has 0 radical (unpaired) electrons. The normalized spacial score (nSPS) is 15.0. The fraction of sp³-hybridized carbons (Fsp3) is 0.556. The van der Waals surface area contributed by atoms with Gasteiger partial charge in [0.25, 0.3) is 0 Å². The van der Waals surface area contributed by atoms with Crippen LogP contribution in [0.1, 0.15) is 13.3 Å². The van der Waals surface area contributed by atoms with Crippen LogP contribution >= 0.6 is 0 Å². The van der Waals surface area contributed by atoms with Crippen molar-refractivity contribution in [3.8, 4) is 5.75 Å². The molecular weight excluding hydrogens is 339 g/mol. The number of nitrogens with one attached hydrogen (secondary N) is 1. The molecule has 2 rings (SSSR count). The molecule has 1 N–H and O–H groups in total. The lowest BCUT2D eigenvalue weighted by molar-refractivity contribution is 0.0914. The van der Waals surface area contributed by atoms with Crippen LogP contribution in [0.15, 0.2) is 29.3 Å². The van der Waals surface area contributed by atoms with Crippen LogP contribution in [0.25, 0.3) is 0 Å². The molecule has 8 heteroatoms. The SMILES string of the molecule is CCOC(=O)N1CCN(C(=NC)NCCCOc2ccc(F)cc2)CC1. The van der Waals surface area contributed by atoms with Gasteiger partial charge in [-0.3, -0.25) is 4.99 Å². The van der Waals surface area contributed by atoms with Crippen molar-refractivity contribution in [2.75, 3.05) is 53.0 Å². The molecular formula is C18H27FN4O3. The maximum absolute atomic E-state index is 12.8. The lowest BCUT2D eigenvalue weighted by Crippen LogP contribution is -2.54. The first-order chi connectivity index (χ1) is 12.6. The Bertz CT molecular complexity index is 587. The van der Waals surface area contributed by atoms with E-state index in [1.54, 1.807) is 31.0 Å². The van der Waals surface area contributed by atoms with Crippen molar-refractivity contribution in [1.82, 2.24) is 15.1 Å². The number of piperazine rings is 1. The number of carbonyl (C=O) groups is 1. The summed E-state index contributed by atoms with van der Waals surface area (Å²) < 4.78 is 23.4. The third kappa shape index (κ3) is 6.09. The molecule has 7 nitrogen and oxygen atoms in total. The first-order valence-electron chi connectivity index (χ1n) is 8.89. The summed E-state index contributed by atoms with van der Waals surface area (Å²) in [6, 6.07) is 5.99. The highest BCUT2D eigenvalue weighted by Crippen LogP contribution is 2.11. The van der Waals surface area contributed by atoms with Gasteiger partial charge in [-0.2, -0.15) is 0 Å². The van der Waals surface area contributed by atoms with Crippen molar-refractivity contribution >= 4 is 12.1 Å². The molecule has 1 saturated heterocycles. The maximum Gasteiger partial charge on any atom is 0.409 e. The van der Waals surface area contributed by atoms with E-state index in [1.165, 1.54) is 12.1 Å². The Morgan fingerprint density at radius 3 is 2.46 bits per heavy atom. The third-order valence-electron chi connectivity index (χ3n) is 4.00. The van der Waals surface area contributed by atoms with Gasteiger partial charge in [-0.25, -0.2) is 9.18 Å². The number of amides is 1. The molecule has 1 amide bonds. The third-order valence-corrected chi connectivity index (χ3v) is 4.00. The minimum Gasteiger partial charge on any atom is -0.494 e. The molecule has 0 spiro atoms. The molecule has 26 heavy (non-hydrogen) atoms. The summed E-state index contributed by atoms with van der Waals surface area (Å²) in [7, 11) is 1.75. The van der Waals surface area contributed by atoms with E-state index >= 15 is 0 Å². The quantitative estimate of drug-likeness (QED) is 0.474. The number of aliphatic imine (C=N–C) groups is 1. The average molecular weight is 366 g/mol. The summed E-state index contributed by atoms with van der Waals surface area (Å²) in [5.41, 5.74) is 0. The summed E-state index contributed by atoms with van der Waals surface area (Å²) in [5.74, 6) is 1.20. The fourth-order valence-electron chi connectivity index (χ4n) is 2.64. The van der Waals surface area contributed by atoms with Gasteiger partial charge in [0.05, 0.1) is 13.2 Å². The van der Waals surface area contributed by atoms with Gasteiger partial charge < -0.3 is 24.6 Å². The van der Waals surface area contributed by atoms with E-state index < -0.39 is 0 Å². The standard InChI is InChI=1S/C18H27FN4O3/c1-3-25-18(24)23-12-10-22(11-13-23)17(20-2)21-9-4-14-26-16-7-5-15(19)6-8-16/h5-8H,3-4,9-14H2,1-2H3,(H,20,21). The van der Waals surface area contributed by atoms with Crippen LogP contribution in [-0.4, -0.2) is 74.8 Å². The molecule has 0 aromatic heterocycles. The summed E-state index contributed by atoms with van der Waals surface area (Å²) in [6.07, 6.45) is 0.534. The molecule has 0 bridgehead atoms. The highest BCUT2D eigenvalue weighted by molar-refractivity contribution is 5.80. The number of rotatable bonds is 6. The highest BCUT2D eigenvalue weighted by atomic mass is 19.1. The van der Waals surface area contributed by atoms with Gasteiger partial charge in [-0.15, -0.1) is 0 Å². The number of ether oxygens (including phenoxy) is 2. The van der Waals surface area contributed by atoms with E-state index in [9.17, 15) is 9.18 Å². The molecule has 1 aromatic carbocycles. The number of halogens is 1. The van der Waals surface area contributed by atoms with Gasteiger partial charge in [-0.1, -0.05) is 0 Å². The summed E-state index contributed by atoms with van der Waals surface area (Å²) in [4.78, 5) is 19.9. The van der Waals surface area contributed by atoms with Gasteiger partial charge >= 0.3 is 6.09 Å². The van der Waals surface area contributed by atoms with Gasteiger partial charge in [0.2, 0.25) is 0 Å². The monoisotopic (exact) mass is 366 g/mol. The zero-order valence-corrected chi connectivity index (χ0v) is 15.4.